The fraction of sp³-hybridized carbons (Fsp3) is 0.500. The molecule has 2 atom stereocenters. The first kappa shape index (κ1) is 15.8. The molecule has 0 fully saturated rings. The van der Waals surface area contributed by atoms with Gasteiger partial charge in [0.05, 0.1) is 11.4 Å². The third kappa shape index (κ3) is 4.21. The average Bonchev–Trinajstić information content (AvgIpc) is 3.00. The molecule has 0 bridgehead atoms. The monoisotopic (exact) mass is 306 g/mol. The van der Waals surface area contributed by atoms with Crippen LogP contribution in [-0.2, 0) is 0 Å². The second kappa shape index (κ2) is 7.46. The largest absolute Gasteiger partial charge is 0.381 e. The van der Waals surface area contributed by atoms with Crippen LogP contribution in [0.5, 0.6) is 0 Å². The van der Waals surface area contributed by atoms with Crippen LogP contribution in [0.4, 0.5) is 5.69 Å². The van der Waals surface area contributed by atoms with Crippen molar-refractivity contribution in [1.82, 2.24) is 14.8 Å². The molecule has 0 amide bonds. The van der Waals surface area contributed by atoms with Gasteiger partial charge in [-0.05, 0) is 37.0 Å². The molecular formula is C16H23ClN4. The van der Waals surface area contributed by atoms with Crippen molar-refractivity contribution in [2.45, 2.75) is 46.1 Å². The Morgan fingerprint density at radius 3 is 2.71 bits per heavy atom. The van der Waals surface area contributed by atoms with E-state index in [1.54, 1.807) is 11.0 Å². The predicted molar refractivity (Wildman–Crippen MR) is 88.1 cm³/mol. The highest BCUT2D eigenvalue weighted by Crippen LogP contribution is 2.26. The molecule has 5 heteroatoms. The van der Waals surface area contributed by atoms with E-state index in [0.717, 1.165) is 29.2 Å². The minimum atomic E-state index is 0.431. The standard InChI is InChI=1S/C16H23ClN4/c1-4-12(3)8-14(5-2)20-15-9-13(17)6-7-16(15)21-11-18-10-19-21/h6-7,9-12,14,20H,4-5,8H2,1-3H3. The van der Waals surface area contributed by atoms with Gasteiger partial charge in [-0.3, -0.25) is 0 Å². The highest BCUT2D eigenvalue weighted by molar-refractivity contribution is 6.31. The SMILES string of the molecule is CCC(C)CC(CC)Nc1cc(Cl)ccc1-n1cncn1. The van der Waals surface area contributed by atoms with Gasteiger partial charge in [-0.25, -0.2) is 9.67 Å². The minimum absolute atomic E-state index is 0.431. The number of benzene rings is 1. The van der Waals surface area contributed by atoms with Crippen molar-refractivity contribution in [2.75, 3.05) is 5.32 Å². The summed E-state index contributed by atoms with van der Waals surface area (Å²) >= 11 is 6.15. The van der Waals surface area contributed by atoms with Crippen molar-refractivity contribution in [3.8, 4) is 5.69 Å². The Balaban J connectivity index is 2.23. The number of nitrogens with one attached hydrogen (secondary N) is 1. The van der Waals surface area contributed by atoms with Gasteiger partial charge in [0.1, 0.15) is 12.7 Å². The number of aromatic nitrogens is 3. The van der Waals surface area contributed by atoms with Crippen LogP contribution < -0.4 is 5.32 Å². The smallest absolute Gasteiger partial charge is 0.138 e. The molecular weight excluding hydrogens is 284 g/mol. The predicted octanol–water partition coefficient (Wildman–Crippen LogP) is 4.55. The van der Waals surface area contributed by atoms with Gasteiger partial charge in [0.2, 0.25) is 0 Å². The molecule has 1 aromatic carbocycles. The lowest BCUT2D eigenvalue weighted by atomic mass is 9.97. The Bertz CT molecular complexity index is 553. The summed E-state index contributed by atoms with van der Waals surface area (Å²) in [6, 6.07) is 6.23. The molecule has 1 N–H and O–H groups in total. The van der Waals surface area contributed by atoms with E-state index in [9.17, 15) is 0 Å². The van der Waals surface area contributed by atoms with Crippen LogP contribution in [0.3, 0.4) is 0 Å². The molecule has 0 radical (unpaired) electrons. The van der Waals surface area contributed by atoms with E-state index < -0.39 is 0 Å². The maximum atomic E-state index is 6.15. The van der Waals surface area contributed by atoms with Crippen molar-refractivity contribution < 1.29 is 0 Å². The van der Waals surface area contributed by atoms with Crippen molar-refractivity contribution in [3.05, 3.63) is 35.9 Å². The lowest BCUT2D eigenvalue weighted by Crippen LogP contribution is -2.22. The zero-order valence-electron chi connectivity index (χ0n) is 12.9. The number of halogens is 1. The van der Waals surface area contributed by atoms with Crippen molar-refractivity contribution >= 4 is 17.3 Å². The number of nitrogens with zero attached hydrogens (tertiary/aromatic N) is 3. The first-order valence-corrected chi connectivity index (χ1v) is 7.92. The highest BCUT2D eigenvalue weighted by Gasteiger charge is 2.13. The van der Waals surface area contributed by atoms with E-state index in [1.165, 1.54) is 12.7 Å². The molecule has 2 unspecified atom stereocenters. The lowest BCUT2D eigenvalue weighted by Gasteiger charge is -2.23. The summed E-state index contributed by atoms with van der Waals surface area (Å²) in [4.78, 5) is 4.01. The first-order valence-electron chi connectivity index (χ1n) is 7.55. The number of hydrogen-bond donors (Lipinski definition) is 1. The zero-order chi connectivity index (χ0) is 15.2. The topological polar surface area (TPSA) is 42.7 Å². The number of rotatable bonds is 7. The number of anilines is 1. The number of hydrogen-bond acceptors (Lipinski definition) is 3. The molecule has 0 spiro atoms. The van der Waals surface area contributed by atoms with Gasteiger partial charge in [-0.2, -0.15) is 5.10 Å². The van der Waals surface area contributed by atoms with Crippen molar-refractivity contribution in [3.63, 3.8) is 0 Å². The summed E-state index contributed by atoms with van der Waals surface area (Å²) in [5, 5.41) is 8.55. The normalized spacial score (nSPS) is 13.9. The van der Waals surface area contributed by atoms with Gasteiger partial charge < -0.3 is 5.32 Å². The third-order valence-electron chi connectivity index (χ3n) is 3.86. The van der Waals surface area contributed by atoms with Crippen LogP contribution in [0.1, 0.15) is 40.0 Å². The lowest BCUT2D eigenvalue weighted by molar-refractivity contribution is 0.461. The van der Waals surface area contributed by atoms with E-state index >= 15 is 0 Å². The van der Waals surface area contributed by atoms with Gasteiger partial charge in [0.15, 0.2) is 0 Å². The summed E-state index contributed by atoms with van der Waals surface area (Å²) in [5.74, 6) is 0.705. The van der Waals surface area contributed by atoms with Crippen LogP contribution >= 0.6 is 11.6 Å². The Morgan fingerprint density at radius 1 is 1.29 bits per heavy atom. The molecule has 0 aliphatic rings. The first-order chi connectivity index (χ1) is 10.1. The highest BCUT2D eigenvalue weighted by atomic mass is 35.5. The molecule has 4 nitrogen and oxygen atoms in total. The fourth-order valence-corrected chi connectivity index (χ4v) is 2.53. The zero-order valence-corrected chi connectivity index (χ0v) is 13.6. The van der Waals surface area contributed by atoms with E-state index in [2.05, 4.69) is 36.2 Å². The van der Waals surface area contributed by atoms with Gasteiger partial charge in [-0.15, -0.1) is 0 Å². The minimum Gasteiger partial charge on any atom is -0.381 e. The molecule has 2 rings (SSSR count). The second-order valence-electron chi connectivity index (χ2n) is 5.50. The molecule has 21 heavy (non-hydrogen) atoms. The Hall–Kier alpha value is -1.55. The summed E-state index contributed by atoms with van der Waals surface area (Å²) in [6.07, 6.45) is 6.66. The quantitative estimate of drug-likeness (QED) is 0.816. The maximum absolute atomic E-state index is 6.15. The van der Waals surface area contributed by atoms with Crippen LogP contribution in [0.15, 0.2) is 30.9 Å². The molecule has 2 aromatic rings. The molecule has 0 aliphatic carbocycles. The Labute approximate surface area is 131 Å². The molecule has 1 heterocycles. The maximum Gasteiger partial charge on any atom is 0.138 e. The summed E-state index contributed by atoms with van der Waals surface area (Å²) in [6.45, 7) is 6.73. The molecule has 1 aromatic heterocycles. The van der Waals surface area contributed by atoms with E-state index in [0.29, 0.717) is 12.0 Å². The average molecular weight is 307 g/mol. The van der Waals surface area contributed by atoms with Gasteiger partial charge >= 0.3 is 0 Å². The second-order valence-corrected chi connectivity index (χ2v) is 5.94. The van der Waals surface area contributed by atoms with Crippen LogP contribution in [0.2, 0.25) is 5.02 Å². The van der Waals surface area contributed by atoms with Gasteiger partial charge in [-0.1, -0.05) is 38.8 Å². The summed E-state index contributed by atoms with van der Waals surface area (Å²) < 4.78 is 1.76. The Morgan fingerprint density at radius 2 is 2.10 bits per heavy atom. The third-order valence-corrected chi connectivity index (χ3v) is 4.10. The summed E-state index contributed by atoms with van der Waals surface area (Å²) in [7, 11) is 0. The van der Waals surface area contributed by atoms with E-state index in [1.807, 2.05) is 18.2 Å². The van der Waals surface area contributed by atoms with Crippen molar-refractivity contribution in [1.29, 1.82) is 0 Å². The molecule has 0 saturated heterocycles. The molecule has 0 aliphatic heterocycles. The van der Waals surface area contributed by atoms with Crippen LogP contribution in [-0.4, -0.2) is 20.8 Å². The molecule has 0 saturated carbocycles. The van der Waals surface area contributed by atoms with Gasteiger partial charge in [0.25, 0.3) is 0 Å². The van der Waals surface area contributed by atoms with Crippen LogP contribution in [0.25, 0.3) is 5.69 Å². The molecule has 114 valence electrons. The summed E-state index contributed by atoms with van der Waals surface area (Å²) in [5.41, 5.74) is 1.97. The van der Waals surface area contributed by atoms with Crippen LogP contribution in [0, 0.1) is 5.92 Å². The van der Waals surface area contributed by atoms with E-state index in [4.69, 9.17) is 11.6 Å². The fourth-order valence-electron chi connectivity index (χ4n) is 2.36. The van der Waals surface area contributed by atoms with Crippen molar-refractivity contribution in [2.24, 2.45) is 5.92 Å². The van der Waals surface area contributed by atoms with E-state index in [-0.39, 0.29) is 0 Å². The van der Waals surface area contributed by atoms with Gasteiger partial charge in [0, 0.05) is 11.1 Å². The Kier molecular flexibility index (Phi) is 5.62.